The Kier molecular flexibility index (Phi) is 5.17. The Morgan fingerprint density at radius 2 is 1.93 bits per heavy atom. The summed E-state index contributed by atoms with van der Waals surface area (Å²) in [4.78, 5) is 21.0. The fraction of sp³-hybridized carbons (Fsp3) is 0.0455. The van der Waals surface area contributed by atoms with E-state index in [0.29, 0.717) is 28.6 Å². The Morgan fingerprint density at radius 1 is 1.04 bits per heavy atom. The number of aromatic nitrogens is 2. The molecule has 4 aromatic rings. The Morgan fingerprint density at radius 3 is 2.75 bits per heavy atom. The van der Waals surface area contributed by atoms with E-state index in [4.69, 9.17) is 16.3 Å². The summed E-state index contributed by atoms with van der Waals surface area (Å²) in [7, 11) is 0. The summed E-state index contributed by atoms with van der Waals surface area (Å²) in [6.45, 7) is 0.363. The number of halogens is 1. The first-order valence-corrected chi connectivity index (χ1v) is 9.05. The molecule has 28 heavy (non-hydrogen) atoms. The molecule has 0 fully saturated rings. The topological polar surface area (TPSA) is 64.1 Å². The predicted octanol–water partition coefficient (Wildman–Crippen LogP) is 5.11. The van der Waals surface area contributed by atoms with Crippen LogP contribution in [0.4, 0.5) is 5.69 Å². The molecule has 0 bridgehead atoms. The number of hydrogen-bond donors (Lipinski definition) is 1. The molecule has 0 atom stereocenters. The van der Waals surface area contributed by atoms with Gasteiger partial charge in [-0.25, -0.2) is 0 Å². The number of benzene rings is 2. The summed E-state index contributed by atoms with van der Waals surface area (Å²) in [5.41, 5.74) is 2.86. The summed E-state index contributed by atoms with van der Waals surface area (Å²) in [6, 6.07) is 18.1. The number of hydrogen-bond acceptors (Lipinski definition) is 4. The van der Waals surface area contributed by atoms with E-state index in [1.165, 1.54) is 0 Å². The van der Waals surface area contributed by atoms with Crippen molar-refractivity contribution in [2.45, 2.75) is 6.61 Å². The van der Waals surface area contributed by atoms with E-state index in [1.807, 2.05) is 36.4 Å². The maximum atomic E-state index is 12.7. The van der Waals surface area contributed by atoms with Crippen molar-refractivity contribution in [2.75, 3.05) is 5.32 Å². The maximum absolute atomic E-state index is 12.7. The molecule has 0 saturated carbocycles. The van der Waals surface area contributed by atoms with Crippen LogP contribution in [-0.4, -0.2) is 15.9 Å². The van der Waals surface area contributed by atoms with Gasteiger partial charge in [0.15, 0.2) is 0 Å². The van der Waals surface area contributed by atoms with Crippen molar-refractivity contribution in [3.05, 3.63) is 95.4 Å². The van der Waals surface area contributed by atoms with Crippen LogP contribution in [0, 0.1) is 0 Å². The molecule has 0 aliphatic rings. The smallest absolute Gasteiger partial charge is 0.256 e. The van der Waals surface area contributed by atoms with Crippen molar-refractivity contribution in [3.8, 4) is 5.75 Å². The van der Waals surface area contributed by atoms with Gasteiger partial charge in [0.1, 0.15) is 12.4 Å². The third kappa shape index (κ3) is 3.94. The minimum atomic E-state index is -0.223. The zero-order chi connectivity index (χ0) is 19.3. The van der Waals surface area contributed by atoms with Crippen molar-refractivity contribution in [2.24, 2.45) is 0 Å². The number of ether oxygens (including phenoxy) is 1. The second-order valence-corrected chi connectivity index (χ2v) is 6.53. The minimum absolute atomic E-state index is 0.223. The van der Waals surface area contributed by atoms with Gasteiger partial charge in [-0.05, 0) is 36.4 Å². The van der Waals surface area contributed by atoms with E-state index < -0.39 is 0 Å². The van der Waals surface area contributed by atoms with E-state index >= 15 is 0 Å². The molecule has 0 radical (unpaired) electrons. The number of anilines is 1. The van der Waals surface area contributed by atoms with Crippen LogP contribution < -0.4 is 10.1 Å². The predicted molar refractivity (Wildman–Crippen MR) is 110 cm³/mol. The minimum Gasteiger partial charge on any atom is -0.487 e. The van der Waals surface area contributed by atoms with Crippen LogP contribution in [0.1, 0.15) is 15.9 Å². The molecule has 6 heteroatoms. The molecule has 5 nitrogen and oxygen atoms in total. The molecule has 1 amide bonds. The van der Waals surface area contributed by atoms with E-state index in [1.54, 1.807) is 42.9 Å². The number of para-hydroxylation sites is 1. The number of amides is 1. The van der Waals surface area contributed by atoms with Crippen LogP contribution in [0.5, 0.6) is 5.75 Å². The first kappa shape index (κ1) is 17.9. The number of nitrogens with zero attached hydrogens (tertiary/aromatic N) is 2. The van der Waals surface area contributed by atoms with E-state index in [9.17, 15) is 4.79 Å². The average molecular weight is 390 g/mol. The van der Waals surface area contributed by atoms with Gasteiger partial charge >= 0.3 is 0 Å². The summed E-state index contributed by atoms with van der Waals surface area (Å²) >= 11 is 6.32. The first-order valence-electron chi connectivity index (χ1n) is 8.67. The summed E-state index contributed by atoms with van der Waals surface area (Å²) in [5, 5.41) is 4.09. The van der Waals surface area contributed by atoms with Gasteiger partial charge in [-0.2, -0.15) is 0 Å². The van der Waals surface area contributed by atoms with Gasteiger partial charge in [0, 0.05) is 35.2 Å². The van der Waals surface area contributed by atoms with Gasteiger partial charge in [-0.1, -0.05) is 35.9 Å². The van der Waals surface area contributed by atoms with E-state index in [2.05, 4.69) is 15.3 Å². The highest BCUT2D eigenvalue weighted by molar-refractivity contribution is 6.32. The molecule has 2 aromatic heterocycles. The third-order valence-electron chi connectivity index (χ3n) is 4.20. The van der Waals surface area contributed by atoms with Crippen molar-refractivity contribution in [3.63, 3.8) is 0 Å². The van der Waals surface area contributed by atoms with Crippen molar-refractivity contribution < 1.29 is 9.53 Å². The number of rotatable bonds is 5. The summed E-state index contributed by atoms with van der Waals surface area (Å²) in [6.07, 6.45) is 5.07. The fourth-order valence-electron chi connectivity index (χ4n) is 2.83. The molecule has 2 aromatic carbocycles. The Balaban J connectivity index is 1.49. The van der Waals surface area contributed by atoms with Crippen molar-refractivity contribution in [1.29, 1.82) is 0 Å². The molecule has 4 rings (SSSR count). The first-order chi connectivity index (χ1) is 13.7. The van der Waals surface area contributed by atoms with Crippen LogP contribution in [0.25, 0.3) is 10.9 Å². The largest absolute Gasteiger partial charge is 0.487 e. The highest BCUT2D eigenvalue weighted by Gasteiger charge is 2.12. The quantitative estimate of drug-likeness (QED) is 0.515. The van der Waals surface area contributed by atoms with Gasteiger partial charge in [0.25, 0.3) is 5.91 Å². The molecular formula is C22H16ClN3O2. The van der Waals surface area contributed by atoms with Crippen LogP contribution in [0.15, 0.2) is 79.3 Å². The molecule has 1 N–H and O–H groups in total. The lowest BCUT2D eigenvalue weighted by molar-refractivity contribution is 0.102. The number of pyridine rings is 2. The maximum Gasteiger partial charge on any atom is 0.256 e. The van der Waals surface area contributed by atoms with Gasteiger partial charge in [-0.3, -0.25) is 14.8 Å². The summed E-state index contributed by atoms with van der Waals surface area (Å²) < 4.78 is 5.73. The van der Waals surface area contributed by atoms with Gasteiger partial charge in [-0.15, -0.1) is 0 Å². The van der Waals surface area contributed by atoms with Crippen LogP contribution in [0.2, 0.25) is 5.02 Å². The highest BCUT2D eigenvalue weighted by atomic mass is 35.5. The standard InChI is InChI=1S/C22H16ClN3O2/c23-19-12-16(7-8-21(19)28-14-15-4-3-10-24-13-15)26-22(27)18-9-11-25-20-6-2-1-5-17(18)20/h1-13H,14H2,(H,26,27). The lowest BCUT2D eigenvalue weighted by Gasteiger charge is -2.11. The SMILES string of the molecule is O=C(Nc1ccc(OCc2cccnc2)c(Cl)c1)c1ccnc2ccccc12. The molecule has 2 heterocycles. The van der Waals surface area contributed by atoms with E-state index in [-0.39, 0.29) is 5.91 Å². The summed E-state index contributed by atoms with van der Waals surface area (Å²) in [5.74, 6) is 0.316. The fourth-order valence-corrected chi connectivity index (χ4v) is 3.07. The van der Waals surface area contributed by atoms with Gasteiger partial charge in [0.2, 0.25) is 0 Å². The molecule has 0 aliphatic carbocycles. The Hall–Kier alpha value is -3.44. The zero-order valence-corrected chi connectivity index (χ0v) is 15.6. The van der Waals surface area contributed by atoms with Gasteiger partial charge in [0.05, 0.1) is 16.1 Å². The monoisotopic (exact) mass is 389 g/mol. The van der Waals surface area contributed by atoms with Crippen LogP contribution in [-0.2, 0) is 6.61 Å². The third-order valence-corrected chi connectivity index (χ3v) is 4.50. The lowest BCUT2D eigenvalue weighted by atomic mass is 10.1. The highest BCUT2D eigenvalue weighted by Crippen LogP contribution is 2.29. The number of carbonyl (C=O) groups is 1. The molecule has 0 spiro atoms. The Labute approximate surface area is 167 Å². The average Bonchev–Trinajstić information content (AvgIpc) is 2.73. The molecule has 0 aliphatic heterocycles. The molecule has 0 unspecified atom stereocenters. The molecular weight excluding hydrogens is 374 g/mol. The Bertz CT molecular complexity index is 1130. The number of fused-ring (bicyclic) bond motifs is 1. The van der Waals surface area contributed by atoms with Crippen molar-refractivity contribution in [1.82, 2.24) is 9.97 Å². The normalized spacial score (nSPS) is 10.6. The zero-order valence-electron chi connectivity index (χ0n) is 14.8. The van der Waals surface area contributed by atoms with Crippen LogP contribution in [0.3, 0.4) is 0 Å². The van der Waals surface area contributed by atoms with Gasteiger partial charge < -0.3 is 10.1 Å². The second-order valence-electron chi connectivity index (χ2n) is 6.12. The second kappa shape index (κ2) is 8.06. The lowest BCUT2D eigenvalue weighted by Crippen LogP contribution is -2.12. The molecule has 0 saturated heterocycles. The molecule has 138 valence electrons. The van der Waals surface area contributed by atoms with E-state index in [0.717, 1.165) is 16.5 Å². The van der Waals surface area contributed by atoms with Crippen LogP contribution >= 0.6 is 11.6 Å². The number of carbonyl (C=O) groups excluding carboxylic acids is 1. The van der Waals surface area contributed by atoms with Crippen molar-refractivity contribution >= 4 is 34.1 Å². The number of nitrogens with one attached hydrogen (secondary N) is 1.